The molecule has 1 aliphatic rings. The third-order valence-electron chi connectivity index (χ3n) is 4.99. The van der Waals surface area contributed by atoms with Crippen LogP contribution < -0.4 is 0 Å². The average Bonchev–Trinajstić information content (AvgIpc) is 2.59. The SMILES string of the molecule is CC(C)(C)OC(=O)N1CCC(CC(O)CCc2ccc(S(C)(=O)=O)cc2)CC1. The first-order valence-corrected chi connectivity index (χ1v) is 11.8. The molecule has 1 N–H and O–H groups in total. The number of carbonyl (C=O) groups is 1. The van der Waals surface area contributed by atoms with Crippen molar-refractivity contribution in [1.29, 1.82) is 0 Å². The van der Waals surface area contributed by atoms with Crippen LogP contribution >= 0.6 is 0 Å². The van der Waals surface area contributed by atoms with E-state index in [4.69, 9.17) is 4.74 Å². The van der Waals surface area contributed by atoms with Crippen molar-refractivity contribution in [1.82, 2.24) is 4.90 Å². The summed E-state index contributed by atoms with van der Waals surface area (Å²) in [7, 11) is -3.18. The predicted octanol–water partition coefficient (Wildman–Crippen LogP) is 3.42. The third kappa shape index (κ3) is 7.43. The zero-order chi connectivity index (χ0) is 20.9. The molecule has 0 aromatic heterocycles. The lowest BCUT2D eigenvalue weighted by Crippen LogP contribution is -2.42. The molecule has 0 spiro atoms. The van der Waals surface area contributed by atoms with Crippen molar-refractivity contribution in [3.8, 4) is 0 Å². The quantitative estimate of drug-likeness (QED) is 0.775. The molecule has 0 saturated carbocycles. The van der Waals surface area contributed by atoms with Gasteiger partial charge in [-0.3, -0.25) is 0 Å². The predicted molar refractivity (Wildman–Crippen MR) is 109 cm³/mol. The van der Waals surface area contributed by atoms with Crippen LogP contribution in [0.1, 0.15) is 52.0 Å². The molecule has 1 amide bonds. The van der Waals surface area contributed by atoms with Gasteiger partial charge in [-0.05, 0) is 76.5 Å². The number of aliphatic hydroxyl groups excluding tert-OH is 1. The zero-order valence-corrected chi connectivity index (χ0v) is 18.2. The summed E-state index contributed by atoms with van der Waals surface area (Å²) in [6.45, 7) is 6.92. The normalized spacial score (nSPS) is 17.4. The van der Waals surface area contributed by atoms with Crippen molar-refractivity contribution in [3.63, 3.8) is 0 Å². The van der Waals surface area contributed by atoms with E-state index in [1.54, 1.807) is 17.0 Å². The molecule has 1 aromatic carbocycles. The van der Waals surface area contributed by atoms with Crippen LogP contribution in [0.25, 0.3) is 0 Å². The minimum absolute atomic E-state index is 0.260. The van der Waals surface area contributed by atoms with Gasteiger partial charge in [-0.25, -0.2) is 13.2 Å². The summed E-state index contributed by atoms with van der Waals surface area (Å²) in [5.41, 5.74) is 0.537. The fraction of sp³-hybridized carbons (Fsp3) is 0.667. The van der Waals surface area contributed by atoms with Crippen LogP contribution in [0.2, 0.25) is 0 Å². The number of nitrogens with zero attached hydrogens (tertiary/aromatic N) is 1. The van der Waals surface area contributed by atoms with Crippen molar-refractivity contribution in [2.45, 2.75) is 69.5 Å². The summed E-state index contributed by atoms with van der Waals surface area (Å²) in [6, 6.07) is 6.84. The fourth-order valence-corrected chi connectivity index (χ4v) is 4.05. The second-order valence-electron chi connectivity index (χ2n) is 8.76. The van der Waals surface area contributed by atoms with Crippen LogP contribution in [0.5, 0.6) is 0 Å². The highest BCUT2D eigenvalue weighted by molar-refractivity contribution is 7.90. The molecular weight excluding hydrogens is 378 g/mol. The van der Waals surface area contributed by atoms with Crippen molar-refractivity contribution in [3.05, 3.63) is 29.8 Å². The number of carbonyl (C=O) groups excluding carboxylic acids is 1. The largest absolute Gasteiger partial charge is 0.444 e. The Morgan fingerprint density at radius 2 is 1.79 bits per heavy atom. The van der Waals surface area contributed by atoms with Crippen LogP contribution in [0.15, 0.2) is 29.2 Å². The summed E-state index contributed by atoms with van der Waals surface area (Å²) >= 11 is 0. The van der Waals surface area contributed by atoms with Gasteiger partial charge in [0, 0.05) is 19.3 Å². The van der Waals surface area contributed by atoms with E-state index in [0.29, 0.717) is 36.7 Å². The molecule has 0 bridgehead atoms. The summed E-state index contributed by atoms with van der Waals surface area (Å²) in [5, 5.41) is 10.4. The number of amides is 1. The molecule has 1 atom stereocenters. The first kappa shape index (κ1) is 22.7. The standard InChI is InChI=1S/C21H33NO5S/c1-21(2,3)27-20(24)22-13-11-17(12-14-22)15-18(23)8-5-16-6-9-19(10-7-16)28(4,25)26/h6-7,9-10,17-18,23H,5,8,11-15H2,1-4H3. The molecule has 1 aliphatic heterocycles. The van der Waals surface area contributed by atoms with Gasteiger partial charge < -0.3 is 14.7 Å². The van der Waals surface area contributed by atoms with Crippen LogP contribution in [0.4, 0.5) is 4.79 Å². The Bertz CT molecular complexity index is 744. The number of likely N-dealkylation sites (tertiary alicyclic amines) is 1. The van der Waals surface area contributed by atoms with Crippen LogP contribution in [-0.4, -0.2) is 55.6 Å². The van der Waals surface area contributed by atoms with E-state index in [1.165, 1.54) is 6.26 Å². The minimum atomic E-state index is -3.18. The lowest BCUT2D eigenvalue weighted by atomic mass is 9.89. The number of ether oxygens (including phenoxy) is 1. The number of rotatable bonds is 6. The molecule has 1 saturated heterocycles. The number of hydrogen-bond donors (Lipinski definition) is 1. The Hall–Kier alpha value is -1.60. The van der Waals surface area contributed by atoms with E-state index in [-0.39, 0.29) is 6.09 Å². The Balaban J connectivity index is 1.73. The van der Waals surface area contributed by atoms with Crippen LogP contribution in [-0.2, 0) is 21.0 Å². The first-order valence-electron chi connectivity index (χ1n) is 9.89. The van der Waals surface area contributed by atoms with Crippen LogP contribution in [0.3, 0.4) is 0 Å². The first-order chi connectivity index (χ1) is 12.9. The third-order valence-corrected chi connectivity index (χ3v) is 6.12. The van der Waals surface area contributed by atoms with Crippen molar-refractivity contribution in [2.24, 2.45) is 5.92 Å². The molecule has 28 heavy (non-hydrogen) atoms. The average molecular weight is 412 g/mol. The van der Waals surface area contributed by atoms with E-state index in [1.807, 2.05) is 32.9 Å². The number of sulfone groups is 1. The number of piperidine rings is 1. The molecule has 7 heteroatoms. The van der Waals surface area contributed by atoms with Gasteiger partial charge >= 0.3 is 6.09 Å². The number of aryl methyl sites for hydroxylation is 1. The highest BCUT2D eigenvalue weighted by atomic mass is 32.2. The minimum Gasteiger partial charge on any atom is -0.444 e. The van der Waals surface area contributed by atoms with Gasteiger partial charge in [-0.2, -0.15) is 0 Å². The molecule has 1 unspecified atom stereocenters. The number of benzene rings is 1. The highest BCUT2D eigenvalue weighted by Gasteiger charge is 2.27. The monoisotopic (exact) mass is 411 g/mol. The van der Waals surface area contributed by atoms with Gasteiger partial charge in [-0.15, -0.1) is 0 Å². The van der Waals surface area contributed by atoms with Crippen LogP contribution in [0, 0.1) is 5.92 Å². The van der Waals surface area contributed by atoms with Gasteiger partial charge in [0.15, 0.2) is 9.84 Å². The smallest absolute Gasteiger partial charge is 0.410 e. The van der Waals surface area contributed by atoms with Gasteiger partial charge in [0.25, 0.3) is 0 Å². The molecule has 2 rings (SSSR count). The fourth-order valence-electron chi connectivity index (χ4n) is 3.42. The highest BCUT2D eigenvalue weighted by Crippen LogP contribution is 2.25. The Morgan fingerprint density at radius 1 is 1.21 bits per heavy atom. The maximum atomic E-state index is 12.1. The van der Waals surface area contributed by atoms with E-state index in [0.717, 1.165) is 24.8 Å². The summed E-state index contributed by atoms with van der Waals surface area (Å²) in [5.74, 6) is 0.404. The number of aliphatic hydroxyl groups is 1. The molecule has 0 aliphatic carbocycles. The molecular formula is C21H33NO5S. The molecule has 6 nitrogen and oxygen atoms in total. The number of hydrogen-bond acceptors (Lipinski definition) is 5. The molecule has 1 heterocycles. The van der Waals surface area contributed by atoms with E-state index in [9.17, 15) is 18.3 Å². The molecule has 0 radical (unpaired) electrons. The van der Waals surface area contributed by atoms with Gasteiger partial charge in [0.1, 0.15) is 5.60 Å². The van der Waals surface area contributed by atoms with E-state index < -0.39 is 21.5 Å². The zero-order valence-electron chi connectivity index (χ0n) is 17.3. The lowest BCUT2D eigenvalue weighted by Gasteiger charge is -2.34. The topological polar surface area (TPSA) is 83.9 Å². The second kappa shape index (κ2) is 9.27. The van der Waals surface area contributed by atoms with Gasteiger partial charge in [-0.1, -0.05) is 12.1 Å². The Morgan fingerprint density at radius 3 is 2.29 bits per heavy atom. The van der Waals surface area contributed by atoms with E-state index in [2.05, 4.69) is 0 Å². The Kier molecular flexibility index (Phi) is 7.51. The second-order valence-corrected chi connectivity index (χ2v) is 10.8. The summed E-state index contributed by atoms with van der Waals surface area (Å²) in [6.07, 6.45) is 4.37. The van der Waals surface area contributed by atoms with Gasteiger partial charge in [0.2, 0.25) is 0 Å². The Labute approximate surface area is 168 Å². The maximum Gasteiger partial charge on any atom is 0.410 e. The van der Waals surface area contributed by atoms with E-state index >= 15 is 0 Å². The van der Waals surface area contributed by atoms with Crippen molar-refractivity contribution < 1.29 is 23.1 Å². The molecule has 158 valence electrons. The van der Waals surface area contributed by atoms with Crippen molar-refractivity contribution >= 4 is 15.9 Å². The van der Waals surface area contributed by atoms with Gasteiger partial charge in [0.05, 0.1) is 11.0 Å². The molecule has 1 aromatic rings. The molecule has 1 fully saturated rings. The summed E-state index contributed by atoms with van der Waals surface area (Å²) in [4.78, 5) is 14.2. The maximum absolute atomic E-state index is 12.1. The summed E-state index contributed by atoms with van der Waals surface area (Å²) < 4.78 is 28.4. The lowest BCUT2D eigenvalue weighted by molar-refractivity contribution is 0.0160. The van der Waals surface area contributed by atoms with Crippen molar-refractivity contribution in [2.75, 3.05) is 19.3 Å².